The first-order chi connectivity index (χ1) is 9.27. The molecule has 1 rings (SSSR count). The van der Waals surface area contributed by atoms with Gasteiger partial charge in [0.1, 0.15) is 0 Å². The first kappa shape index (κ1) is 20.0. The number of benzene rings is 1. The van der Waals surface area contributed by atoms with E-state index in [1.54, 1.807) is 0 Å². The molecule has 0 bridgehead atoms. The standard InChI is InChI=1S/C12H14ClF3N2O2.ClH/c1-20-8(6-17)5-11(19)18-7-2-3-10(13)9(4-7)12(14,15)16;/h2-4,8H,5-6,17H2,1H3,(H,18,19);1H. The molecular formula is C12H15Cl2F3N2O2. The van der Waals surface area contributed by atoms with Crippen LogP contribution in [0.3, 0.4) is 0 Å². The predicted octanol–water partition coefficient (Wildman–Crippen LogP) is 3.08. The molecule has 9 heteroatoms. The summed E-state index contributed by atoms with van der Waals surface area (Å²) in [5, 5.41) is 1.92. The molecule has 0 heterocycles. The molecule has 21 heavy (non-hydrogen) atoms. The maximum atomic E-state index is 12.7. The molecule has 0 saturated carbocycles. The molecule has 1 aromatic rings. The summed E-state index contributed by atoms with van der Waals surface area (Å²) in [7, 11) is 1.40. The van der Waals surface area contributed by atoms with Crippen LogP contribution in [0.5, 0.6) is 0 Å². The Hall–Kier alpha value is -1.02. The zero-order chi connectivity index (χ0) is 15.3. The minimum Gasteiger partial charge on any atom is -0.380 e. The summed E-state index contributed by atoms with van der Waals surface area (Å²) in [6, 6.07) is 3.15. The van der Waals surface area contributed by atoms with Crippen molar-refractivity contribution in [1.82, 2.24) is 0 Å². The number of methoxy groups -OCH3 is 1. The average molecular weight is 347 g/mol. The van der Waals surface area contributed by atoms with E-state index in [0.717, 1.165) is 12.1 Å². The number of alkyl halides is 3. The van der Waals surface area contributed by atoms with Gasteiger partial charge >= 0.3 is 6.18 Å². The zero-order valence-corrected chi connectivity index (χ0v) is 12.6. The minimum atomic E-state index is -4.58. The van der Waals surface area contributed by atoms with Crippen LogP contribution in [0, 0.1) is 0 Å². The van der Waals surface area contributed by atoms with Crippen LogP contribution in [0.4, 0.5) is 18.9 Å². The number of anilines is 1. The third-order valence-corrected chi connectivity index (χ3v) is 2.89. The predicted molar refractivity (Wildman–Crippen MR) is 76.8 cm³/mol. The molecule has 1 atom stereocenters. The number of hydrogen-bond acceptors (Lipinski definition) is 3. The lowest BCUT2D eigenvalue weighted by molar-refractivity contribution is -0.137. The highest BCUT2D eigenvalue weighted by Crippen LogP contribution is 2.36. The van der Waals surface area contributed by atoms with E-state index in [4.69, 9.17) is 22.1 Å². The molecule has 0 fully saturated rings. The highest BCUT2D eigenvalue weighted by atomic mass is 35.5. The first-order valence-electron chi connectivity index (χ1n) is 5.67. The number of nitrogens with one attached hydrogen (secondary N) is 1. The van der Waals surface area contributed by atoms with Crippen LogP contribution in [-0.4, -0.2) is 25.7 Å². The lowest BCUT2D eigenvalue weighted by Gasteiger charge is -2.14. The number of ether oxygens (including phenoxy) is 1. The van der Waals surface area contributed by atoms with Crippen molar-refractivity contribution >= 4 is 35.6 Å². The Morgan fingerprint density at radius 2 is 2.10 bits per heavy atom. The van der Waals surface area contributed by atoms with Gasteiger partial charge in [-0.25, -0.2) is 0 Å². The maximum Gasteiger partial charge on any atom is 0.417 e. The van der Waals surface area contributed by atoms with E-state index in [2.05, 4.69) is 5.32 Å². The minimum absolute atomic E-state index is 0. The number of halogens is 5. The second-order valence-corrected chi connectivity index (χ2v) is 4.45. The summed E-state index contributed by atoms with van der Waals surface area (Å²) in [5.74, 6) is -0.488. The van der Waals surface area contributed by atoms with Gasteiger partial charge in [-0.15, -0.1) is 12.4 Å². The van der Waals surface area contributed by atoms with Crippen LogP contribution in [0.1, 0.15) is 12.0 Å². The largest absolute Gasteiger partial charge is 0.417 e. The zero-order valence-electron chi connectivity index (χ0n) is 11.0. The molecule has 0 spiro atoms. The van der Waals surface area contributed by atoms with Gasteiger partial charge in [0.2, 0.25) is 5.91 Å². The fourth-order valence-corrected chi connectivity index (χ4v) is 1.73. The SMILES string of the molecule is COC(CN)CC(=O)Nc1ccc(Cl)c(C(F)(F)F)c1.Cl. The van der Waals surface area contributed by atoms with Crippen molar-refractivity contribution in [3.05, 3.63) is 28.8 Å². The molecule has 0 radical (unpaired) electrons. The van der Waals surface area contributed by atoms with Crippen molar-refractivity contribution in [3.8, 4) is 0 Å². The van der Waals surface area contributed by atoms with Crippen molar-refractivity contribution in [3.63, 3.8) is 0 Å². The Bertz CT molecular complexity index is 480. The van der Waals surface area contributed by atoms with Crippen LogP contribution in [0.15, 0.2) is 18.2 Å². The van der Waals surface area contributed by atoms with Crippen LogP contribution in [-0.2, 0) is 15.7 Å². The third kappa shape index (κ3) is 6.09. The van der Waals surface area contributed by atoms with E-state index in [1.165, 1.54) is 13.2 Å². The Morgan fingerprint density at radius 1 is 1.48 bits per heavy atom. The van der Waals surface area contributed by atoms with Gasteiger partial charge in [0, 0.05) is 19.3 Å². The van der Waals surface area contributed by atoms with Crippen molar-refractivity contribution < 1.29 is 22.7 Å². The quantitative estimate of drug-likeness (QED) is 0.860. The molecule has 0 aliphatic heterocycles. The molecular weight excluding hydrogens is 332 g/mol. The number of hydrogen-bond donors (Lipinski definition) is 2. The van der Waals surface area contributed by atoms with E-state index in [9.17, 15) is 18.0 Å². The molecule has 1 amide bonds. The molecule has 0 aliphatic rings. The second-order valence-electron chi connectivity index (χ2n) is 4.04. The van der Waals surface area contributed by atoms with Gasteiger partial charge in [0.15, 0.2) is 0 Å². The second kappa shape index (κ2) is 8.43. The van der Waals surface area contributed by atoms with E-state index in [1.807, 2.05) is 0 Å². The summed E-state index contributed by atoms with van der Waals surface area (Å²) in [6.07, 6.45) is -5.11. The summed E-state index contributed by atoms with van der Waals surface area (Å²) in [5.41, 5.74) is 4.37. The Morgan fingerprint density at radius 3 is 2.57 bits per heavy atom. The summed E-state index contributed by atoms with van der Waals surface area (Å²) < 4.78 is 42.9. The van der Waals surface area contributed by atoms with Gasteiger partial charge in [-0.2, -0.15) is 13.2 Å². The van der Waals surface area contributed by atoms with E-state index < -0.39 is 28.8 Å². The van der Waals surface area contributed by atoms with Crippen LogP contribution in [0.25, 0.3) is 0 Å². The van der Waals surface area contributed by atoms with Gasteiger partial charge in [-0.1, -0.05) is 11.6 Å². The van der Waals surface area contributed by atoms with Crippen molar-refractivity contribution in [2.24, 2.45) is 5.73 Å². The van der Waals surface area contributed by atoms with Crippen LogP contribution >= 0.6 is 24.0 Å². The third-order valence-electron chi connectivity index (χ3n) is 2.56. The van der Waals surface area contributed by atoms with Crippen LogP contribution in [0.2, 0.25) is 5.02 Å². The van der Waals surface area contributed by atoms with Gasteiger partial charge in [-0.05, 0) is 18.2 Å². The molecule has 1 unspecified atom stereocenters. The number of carbonyl (C=O) groups excluding carboxylic acids is 1. The molecule has 0 saturated heterocycles. The fourth-order valence-electron chi connectivity index (χ4n) is 1.50. The van der Waals surface area contributed by atoms with Gasteiger partial charge in [-0.3, -0.25) is 4.79 Å². The van der Waals surface area contributed by atoms with Crippen molar-refractivity contribution in [2.75, 3.05) is 19.0 Å². The molecule has 1 aromatic carbocycles. The molecule has 0 aliphatic carbocycles. The Balaban J connectivity index is 0.00000400. The van der Waals surface area contributed by atoms with E-state index in [0.29, 0.717) is 0 Å². The van der Waals surface area contributed by atoms with Crippen LogP contribution < -0.4 is 11.1 Å². The lowest BCUT2D eigenvalue weighted by atomic mass is 10.2. The highest BCUT2D eigenvalue weighted by Gasteiger charge is 2.33. The molecule has 120 valence electrons. The maximum absolute atomic E-state index is 12.7. The van der Waals surface area contributed by atoms with E-state index >= 15 is 0 Å². The summed E-state index contributed by atoms with van der Waals surface area (Å²) in [4.78, 5) is 11.6. The summed E-state index contributed by atoms with van der Waals surface area (Å²) in [6.45, 7) is 0.137. The number of rotatable bonds is 5. The molecule has 0 aromatic heterocycles. The fraction of sp³-hybridized carbons (Fsp3) is 0.417. The van der Waals surface area contributed by atoms with Gasteiger partial charge < -0.3 is 15.8 Å². The van der Waals surface area contributed by atoms with Gasteiger partial charge in [0.25, 0.3) is 0 Å². The number of amides is 1. The topological polar surface area (TPSA) is 64.3 Å². The van der Waals surface area contributed by atoms with Crippen molar-refractivity contribution in [2.45, 2.75) is 18.7 Å². The number of carbonyl (C=O) groups is 1. The lowest BCUT2D eigenvalue weighted by Crippen LogP contribution is -2.28. The summed E-state index contributed by atoms with van der Waals surface area (Å²) >= 11 is 5.48. The monoisotopic (exact) mass is 346 g/mol. The highest BCUT2D eigenvalue weighted by molar-refractivity contribution is 6.31. The smallest absolute Gasteiger partial charge is 0.380 e. The number of nitrogens with two attached hydrogens (primary N) is 1. The van der Waals surface area contributed by atoms with Gasteiger partial charge in [0.05, 0.1) is 23.1 Å². The normalized spacial score (nSPS) is 12.5. The Labute approximate surface area is 131 Å². The first-order valence-corrected chi connectivity index (χ1v) is 6.05. The van der Waals surface area contributed by atoms with Crippen molar-refractivity contribution in [1.29, 1.82) is 0 Å². The molecule has 4 nitrogen and oxygen atoms in total. The Kier molecular flexibility index (Phi) is 8.02. The molecule has 3 N–H and O–H groups in total. The van der Waals surface area contributed by atoms with E-state index in [-0.39, 0.29) is 31.1 Å². The average Bonchev–Trinajstić information content (AvgIpc) is 2.37.